The van der Waals surface area contributed by atoms with E-state index in [1.807, 2.05) is 27.7 Å². The third-order valence-electron chi connectivity index (χ3n) is 3.62. The molecule has 1 atom stereocenters. The number of nitrogens with zero attached hydrogens (tertiary/aromatic N) is 2. The summed E-state index contributed by atoms with van der Waals surface area (Å²) in [5.74, 6) is -0.323. The highest BCUT2D eigenvalue weighted by Gasteiger charge is 2.30. The second-order valence-corrected chi connectivity index (χ2v) is 5.46. The maximum absolute atomic E-state index is 12.8. The van der Waals surface area contributed by atoms with Crippen LogP contribution in [0.4, 0.5) is 0 Å². The maximum atomic E-state index is 12.8. The van der Waals surface area contributed by atoms with Crippen LogP contribution in [0.1, 0.15) is 52.4 Å². The highest BCUT2D eigenvalue weighted by molar-refractivity contribution is 5.99. The molecule has 2 heterocycles. The Morgan fingerprint density at radius 3 is 2.42 bits per heavy atom. The van der Waals surface area contributed by atoms with Crippen molar-refractivity contribution in [3.8, 4) is 0 Å². The van der Waals surface area contributed by atoms with Gasteiger partial charge in [-0.3, -0.25) is 24.3 Å². The molecule has 130 valence electrons. The molecule has 1 aliphatic rings. The molecule has 6 heteroatoms. The van der Waals surface area contributed by atoms with Crippen LogP contribution in [0.2, 0.25) is 0 Å². The lowest BCUT2D eigenvalue weighted by Crippen LogP contribution is -2.53. The van der Waals surface area contributed by atoms with Crippen LogP contribution in [-0.4, -0.2) is 21.4 Å². The number of piperidine rings is 1. The zero-order valence-electron chi connectivity index (χ0n) is 15.0. The molecule has 1 unspecified atom stereocenters. The Hall–Kier alpha value is -2.50. The number of nitrogens with one attached hydrogen (secondary N) is 1. The molecule has 0 bridgehead atoms. The van der Waals surface area contributed by atoms with Crippen molar-refractivity contribution >= 4 is 23.5 Å². The number of allylic oxidation sites excluding steroid dienone is 1. The highest BCUT2D eigenvalue weighted by atomic mass is 16.2. The smallest absolute Gasteiger partial charge is 0.262 e. The Balaban J connectivity index is 0.00000139. The van der Waals surface area contributed by atoms with E-state index in [1.165, 1.54) is 4.57 Å². The Morgan fingerprint density at radius 1 is 1.29 bits per heavy atom. The monoisotopic (exact) mass is 331 g/mol. The van der Waals surface area contributed by atoms with Gasteiger partial charge in [0.1, 0.15) is 11.9 Å². The van der Waals surface area contributed by atoms with E-state index in [4.69, 9.17) is 0 Å². The fraction of sp³-hybridized carbons (Fsp3) is 0.444. The number of rotatable bonds is 2. The number of aromatic nitrogens is 2. The van der Waals surface area contributed by atoms with Crippen LogP contribution in [0.15, 0.2) is 17.4 Å². The van der Waals surface area contributed by atoms with Crippen molar-refractivity contribution in [1.82, 2.24) is 14.9 Å². The topological polar surface area (TPSA) is 81.1 Å². The van der Waals surface area contributed by atoms with Crippen LogP contribution in [0.5, 0.6) is 0 Å². The van der Waals surface area contributed by atoms with Crippen LogP contribution >= 0.6 is 0 Å². The molecule has 1 aliphatic heterocycles. The lowest BCUT2D eigenvalue weighted by atomic mass is 10.1. The van der Waals surface area contributed by atoms with Crippen molar-refractivity contribution in [2.75, 3.05) is 0 Å². The highest BCUT2D eigenvalue weighted by Crippen LogP contribution is 2.16. The number of imide groups is 1. The first-order valence-electron chi connectivity index (χ1n) is 8.10. The van der Waals surface area contributed by atoms with Crippen LogP contribution in [0.25, 0.3) is 11.6 Å². The third kappa shape index (κ3) is 3.88. The van der Waals surface area contributed by atoms with E-state index in [0.717, 1.165) is 5.57 Å². The predicted molar refractivity (Wildman–Crippen MR) is 94.7 cm³/mol. The molecule has 1 saturated heterocycles. The van der Waals surface area contributed by atoms with Crippen molar-refractivity contribution in [2.24, 2.45) is 0 Å². The first-order chi connectivity index (χ1) is 11.4. The van der Waals surface area contributed by atoms with Crippen molar-refractivity contribution in [1.29, 1.82) is 0 Å². The number of carbonyl (C=O) groups excluding carboxylic acids is 2. The first-order valence-corrected chi connectivity index (χ1v) is 8.10. The summed E-state index contributed by atoms with van der Waals surface area (Å²) in [6.07, 6.45) is 3.77. The van der Waals surface area contributed by atoms with Gasteiger partial charge in [0.05, 0.1) is 10.6 Å². The third-order valence-corrected chi connectivity index (χ3v) is 3.62. The summed E-state index contributed by atoms with van der Waals surface area (Å²) in [7, 11) is 0. The second-order valence-electron chi connectivity index (χ2n) is 5.46. The van der Waals surface area contributed by atoms with E-state index < -0.39 is 11.9 Å². The van der Waals surface area contributed by atoms with E-state index in [9.17, 15) is 14.4 Å². The summed E-state index contributed by atoms with van der Waals surface area (Å²) >= 11 is 0. The summed E-state index contributed by atoms with van der Waals surface area (Å²) in [6.45, 7) is 13.0. The fourth-order valence-corrected chi connectivity index (χ4v) is 2.66. The van der Waals surface area contributed by atoms with Gasteiger partial charge in [0, 0.05) is 6.42 Å². The van der Waals surface area contributed by atoms with Crippen LogP contribution in [-0.2, 0) is 9.59 Å². The SMILES string of the molecule is C=C/C=c1/nc(C)n(C2CCC(=O)NC2=O)c(=O)c1=C(C)C.CC. The summed E-state index contributed by atoms with van der Waals surface area (Å²) in [6, 6.07) is -0.700. The zero-order valence-corrected chi connectivity index (χ0v) is 15.0. The van der Waals surface area contributed by atoms with Gasteiger partial charge in [0.25, 0.3) is 5.56 Å². The van der Waals surface area contributed by atoms with Crippen LogP contribution in [0, 0.1) is 6.92 Å². The lowest BCUT2D eigenvalue weighted by molar-refractivity contribution is -0.135. The molecule has 0 radical (unpaired) electrons. The number of amides is 2. The van der Waals surface area contributed by atoms with Gasteiger partial charge in [-0.1, -0.05) is 32.1 Å². The van der Waals surface area contributed by atoms with Gasteiger partial charge >= 0.3 is 0 Å². The largest absolute Gasteiger partial charge is 0.295 e. The van der Waals surface area contributed by atoms with Crippen molar-refractivity contribution < 1.29 is 9.59 Å². The van der Waals surface area contributed by atoms with Crippen molar-refractivity contribution in [2.45, 2.75) is 53.5 Å². The van der Waals surface area contributed by atoms with Crippen LogP contribution in [0.3, 0.4) is 0 Å². The van der Waals surface area contributed by atoms with E-state index in [1.54, 1.807) is 19.1 Å². The zero-order chi connectivity index (χ0) is 18.4. The molecule has 2 rings (SSSR count). The Kier molecular flexibility index (Phi) is 6.82. The fourth-order valence-electron chi connectivity index (χ4n) is 2.66. The Morgan fingerprint density at radius 2 is 1.92 bits per heavy atom. The number of carbonyl (C=O) groups is 2. The molecule has 1 fully saturated rings. The quantitative estimate of drug-likeness (QED) is 0.810. The molecule has 1 aromatic heterocycles. The lowest BCUT2D eigenvalue weighted by Gasteiger charge is -2.24. The molecule has 0 spiro atoms. The normalized spacial score (nSPS) is 17.7. The van der Waals surface area contributed by atoms with E-state index in [-0.39, 0.29) is 17.9 Å². The molecule has 1 aromatic rings. The first kappa shape index (κ1) is 19.5. The minimum atomic E-state index is -0.700. The van der Waals surface area contributed by atoms with Crippen molar-refractivity contribution in [3.05, 3.63) is 39.4 Å². The van der Waals surface area contributed by atoms with E-state index in [0.29, 0.717) is 22.8 Å². The summed E-state index contributed by atoms with van der Waals surface area (Å²) in [4.78, 5) is 40.6. The average molecular weight is 331 g/mol. The molecule has 2 amide bonds. The molecule has 24 heavy (non-hydrogen) atoms. The Bertz CT molecular complexity index is 830. The minimum Gasteiger partial charge on any atom is -0.295 e. The predicted octanol–water partition coefficient (Wildman–Crippen LogP) is 0.713. The van der Waals surface area contributed by atoms with Gasteiger partial charge in [-0.15, -0.1) is 0 Å². The standard InChI is InChI=1S/C16H19N3O3.C2H6/c1-5-6-11-14(9(2)3)16(22)19(10(4)17-11)12-7-8-13(20)18-15(12)21;1-2/h5-6,12H,1,7-8H2,2-4H3,(H,18,20,21);1-2H3/b11-6+;. The summed E-state index contributed by atoms with van der Waals surface area (Å²) < 4.78 is 1.38. The summed E-state index contributed by atoms with van der Waals surface area (Å²) in [5.41, 5.74) is 0.543. The van der Waals surface area contributed by atoms with Gasteiger partial charge in [0.2, 0.25) is 11.8 Å². The van der Waals surface area contributed by atoms with Gasteiger partial charge in [0.15, 0.2) is 0 Å². The van der Waals surface area contributed by atoms with Gasteiger partial charge in [-0.05, 0) is 33.3 Å². The molecule has 6 nitrogen and oxygen atoms in total. The van der Waals surface area contributed by atoms with Crippen LogP contribution < -0.4 is 21.4 Å². The molecule has 0 saturated carbocycles. The average Bonchev–Trinajstić information content (AvgIpc) is 2.51. The minimum absolute atomic E-state index is 0.215. The molecule has 0 aliphatic carbocycles. The van der Waals surface area contributed by atoms with E-state index in [2.05, 4.69) is 16.9 Å². The van der Waals surface area contributed by atoms with E-state index >= 15 is 0 Å². The second kappa shape index (κ2) is 8.38. The van der Waals surface area contributed by atoms with Crippen molar-refractivity contribution in [3.63, 3.8) is 0 Å². The van der Waals surface area contributed by atoms with Gasteiger partial charge < -0.3 is 0 Å². The van der Waals surface area contributed by atoms with Gasteiger partial charge in [-0.25, -0.2) is 4.98 Å². The summed E-state index contributed by atoms with van der Waals surface area (Å²) in [5, 5.41) is 3.29. The number of hydrogen-bond donors (Lipinski definition) is 1. The molecular weight excluding hydrogens is 306 g/mol. The number of hydrogen-bond acceptors (Lipinski definition) is 4. The van der Waals surface area contributed by atoms with Gasteiger partial charge in [-0.2, -0.15) is 0 Å². The maximum Gasteiger partial charge on any atom is 0.262 e. The molecular formula is C18H25N3O3. The Labute approximate surface area is 141 Å². The number of aryl methyl sites for hydroxylation is 1. The molecule has 0 aromatic carbocycles. The molecule has 1 N–H and O–H groups in total.